The van der Waals surface area contributed by atoms with Crippen LogP contribution in [0.25, 0.3) is 0 Å². The first-order valence-corrected chi connectivity index (χ1v) is 9.95. The zero-order valence-electron chi connectivity index (χ0n) is 8.59. The molecule has 13 nitrogen and oxygen atoms in total. The summed E-state index contributed by atoms with van der Waals surface area (Å²) >= 11 is 5.23. The molecule has 0 aromatic heterocycles. The number of carbonyl (C=O) groups is 2. The van der Waals surface area contributed by atoms with Crippen LogP contribution in [0.15, 0.2) is 0 Å². The van der Waals surface area contributed by atoms with Crippen LogP contribution in [-0.4, -0.2) is 31.8 Å². The van der Waals surface area contributed by atoms with Gasteiger partial charge in [-0.1, -0.05) is 0 Å². The fourth-order valence-electron chi connectivity index (χ4n) is 0.557. The Bertz CT molecular complexity index is 413. The fraction of sp³-hybridized carbons (Fsp3) is 0. The van der Waals surface area contributed by atoms with Crippen LogP contribution in [-0.2, 0) is 18.2 Å². The molecule has 0 spiro atoms. The first-order valence-electron chi connectivity index (χ1n) is 3.81. The number of carbonyl (C=O) groups excluding carboxylic acids is 2. The first kappa shape index (κ1) is 18.5. The van der Waals surface area contributed by atoms with Crippen molar-refractivity contribution in [3.8, 4) is 0 Å². The molecule has 0 aromatic rings. The molecular weight excluding hydrogens is 354 g/mol. The minimum absolute atomic E-state index is 1.01. The molecule has 0 fully saturated rings. The molecule has 19 heavy (non-hydrogen) atoms. The van der Waals surface area contributed by atoms with Gasteiger partial charge in [0.2, 0.25) is 0 Å². The molecule has 0 unspecified atom stereocenters. The molecule has 0 aliphatic carbocycles. The Morgan fingerprint density at radius 1 is 1.00 bits per heavy atom. The van der Waals surface area contributed by atoms with E-state index in [4.69, 9.17) is 36.3 Å². The number of hydrogen-bond acceptors (Lipinski definition) is 7. The van der Waals surface area contributed by atoms with Crippen molar-refractivity contribution in [2.45, 2.75) is 0 Å². The molecule has 0 aromatic carbocycles. The zero-order chi connectivity index (χ0) is 15.5. The van der Waals surface area contributed by atoms with E-state index in [2.05, 4.69) is 9.05 Å². The van der Waals surface area contributed by atoms with Crippen LogP contribution in [0, 0.1) is 0 Å². The van der Waals surface area contributed by atoms with Gasteiger partial charge in [0.15, 0.2) is 0 Å². The third-order valence-electron chi connectivity index (χ3n) is 0.938. The predicted molar refractivity (Wildman–Crippen MR) is 61.7 cm³/mol. The average molecular weight is 363 g/mol. The quantitative estimate of drug-likeness (QED) is 0.307. The van der Waals surface area contributed by atoms with Crippen LogP contribution in [0.2, 0.25) is 0 Å². The van der Waals surface area contributed by atoms with Crippen molar-refractivity contribution in [3.63, 3.8) is 0 Å². The van der Waals surface area contributed by atoms with E-state index in [0.29, 0.717) is 0 Å². The molecule has 8 N–H and O–H groups in total. The summed E-state index contributed by atoms with van der Waals surface area (Å²) in [7, 11) is -14.5. The van der Waals surface area contributed by atoms with Crippen molar-refractivity contribution >= 4 is 46.1 Å². The minimum atomic E-state index is -4.97. The molecule has 0 bridgehead atoms. The summed E-state index contributed by atoms with van der Waals surface area (Å²) in [6, 6.07) is 0. The molecule has 0 radical (unpaired) electrons. The molecule has 0 aliphatic heterocycles. The number of nitrogens with two attached hydrogens (primary N) is 1. The van der Waals surface area contributed by atoms with Gasteiger partial charge in [-0.3, -0.25) is 0 Å². The molecule has 114 valence electrons. The summed E-state index contributed by atoms with van der Waals surface area (Å²) < 4.78 is 28.7. The summed E-state index contributed by atoms with van der Waals surface area (Å²) in [5, 5.41) is 2.01. The normalized spacial score (nSPS) is 13.4. The van der Waals surface area contributed by atoms with Crippen LogP contribution >= 0.6 is 34.0 Å². The van der Waals surface area contributed by atoms with Crippen molar-refractivity contribution in [2.75, 3.05) is 0 Å². The van der Waals surface area contributed by atoms with Gasteiger partial charge in [-0.15, -0.1) is 0 Å². The van der Waals surface area contributed by atoms with Crippen molar-refractivity contribution in [1.29, 1.82) is 0 Å². The Morgan fingerprint density at radius 3 is 1.47 bits per heavy atom. The van der Waals surface area contributed by atoms with Gasteiger partial charge in [-0.2, -0.15) is 0 Å². The van der Waals surface area contributed by atoms with E-state index < -0.39 is 34.9 Å². The third kappa shape index (κ3) is 11.1. The van der Waals surface area contributed by atoms with Gasteiger partial charge >= 0.3 is 109 Å². The van der Waals surface area contributed by atoms with Crippen LogP contribution in [0.1, 0.15) is 0 Å². The van der Waals surface area contributed by atoms with E-state index in [0.717, 1.165) is 10.2 Å². The maximum absolute atomic E-state index is 10.8. The van der Waals surface area contributed by atoms with Gasteiger partial charge in [-0.25, -0.2) is 0 Å². The molecule has 0 saturated heterocycles. The van der Waals surface area contributed by atoms with Crippen LogP contribution < -0.4 is 15.7 Å². The predicted octanol–water partition coefficient (Wildman–Crippen LogP) is -0.768. The Hall–Kier alpha value is -0.480. The summed E-state index contributed by atoms with van der Waals surface area (Å²) in [4.78, 5) is 54.9. The fourth-order valence-corrected chi connectivity index (χ4v) is 2.37. The second-order valence-corrected chi connectivity index (χ2v) is 8.45. The number of rotatable bonds is 4. The van der Waals surface area contributed by atoms with Gasteiger partial charge in [-0.05, 0) is 0 Å². The van der Waals surface area contributed by atoms with E-state index in [1.165, 1.54) is 0 Å². The van der Waals surface area contributed by atoms with Gasteiger partial charge in [0, 0.05) is 0 Å². The molecule has 0 rings (SSSR count). The van der Waals surface area contributed by atoms with Crippen molar-refractivity contribution < 1.29 is 47.3 Å². The van der Waals surface area contributed by atoms with Crippen LogP contribution in [0.4, 0.5) is 9.59 Å². The molecule has 0 saturated carbocycles. The van der Waals surface area contributed by atoms with Gasteiger partial charge in [0.05, 0.1) is 0 Å². The summed E-state index contributed by atoms with van der Waals surface area (Å²) in [5.41, 5.74) is 4.99. The van der Waals surface area contributed by atoms with Gasteiger partial charge in [0.25, 0.3) is 0 Å². The molecule has 0 atom stereocenters. The van der Waals surface area contributed by atoms with Crippen molar-refractivity contribution in [3.05, 3.63) is 0 Å². The SMILES string of the molecule is N[PH](Cl)(OC(=O)NP(=O)(O)O)OC(=O)NP(=O)(O)O. The van der Waals surface area contributed by atoms with Crippen LogP contribution in [0.5, 0.6) is 0 Å². The molecular formula is C2H9ClN3O10P3. The standard InChI is InChI=1S/C2H9ClN3O10P3/c3-17(4,15-1(7)5-18(9,10)11)16-2(8)6-19(12,13)14/h17H,4H2,(H3,5,7,9,10,11)(H3,6,8,12,13,14). The first-order chi connectivity index (χ1) is 8.20. The van der Waals surface area contributed by atoms with Crippen LogP contribution in [0.3, 0.4) is 0 Å². The van der Waals surface area contributed by atoms with E-state index in [1.807, 2.05) is 0 Å². The zero-order valence-corrected chi connectivity index (χ0v) is 12.1. The maximum atomic E-state index is 10.8. The number of hydrogen-bond donors (Lipinski definition) is 7. The third-order valence-corrected chi connectivity index (χ3v) is 3.28. The summed E-state index contributed by atoms with van der Waals surface area (Å²) in [5.74, 6) is 0. The molecule has 0 aliphatic rings. The van der Waals surface area contributed by atoms with E-state index in [1.54, 1.807) is 0 Å². The molecule has 0 heterocycles. The van der Waals surface area contributed by atoms with E-state index in [9.17, 15) is 18.7 Å². The second-order valence-electron chi connectivity index (χ2n) is 2.67. The summed E-state index contributed by atoms with van der Waals surface area (Å²) in [6.07, 6.45) is -3.58. The Morgan fingerprint density at radius 2 is 1.26 bits per heavy atom. The molecule has 2 amide bonds. The Balaban J connectivity index is 4.48. The number of nitrogens with one attached hydrogen (secondary N) is 2. The average Bonchev–Trinajstić information content (AvgIpc) is 1.89. The Labute approximate surface area is 110 Å². The van der Waals surface area contributed by atoms with Crippen molar-refractivity contribution in [1.82, 2.24) is 10.2 Å². The summed E-state index contributed by atoms with van der Waals surface area (Å²) in [6.45, 7) is 0. The molecule has 17 heteroatoms. The van der Waals surface area contributed by atoms with Gasteiger partial charge in [0.1, 0.15) is 0 Å². The van der Waals surface area contributed by atoms with Crippen molar-refractivity contribution in [2.24, 2.45) is 5.50 Å². The number of amides is 2. The van der Waals surface area contributed by atoms with E-state index in [-0.39, 0.29) is 0 Å². The second kappa shape index (κ2) is 6.31. The van der Waals surface area contributed by atoms with E-state index >= 15 is 0 Å². The topological polar surface area (TPSA) is 218 Å². The Kier molecular flexibility index (Phi) is 6.15. The monoisotopic (exact) mass is 363 g/mol. The van der Waals surface area contributed by atoms with Gasteiger partial charge < -0.3 is 0 Å². The number of halogens is 1.